The average Bonchev–Trinajstić information content (AvgIpc) is 3.50. The number of benzene rings is 12. The van der Waals surface area contributed by atoms with Crippen LogP contribution in [0.4, 0.5) is 56.9 Å². The quantitative estimate of drug-likeness (QED) is 0.114. The summed E-state index contributed by atoms with van der Waals surface area (Å²) in [5.74, 6) is 0.859. The van der Waals surface area contributed by atoms with Gasteiger partial charge in [0, 0.05) is 71.0 Å². The van der Waals surface area contributed by atoms with Gasteiger partial charge in [-0.1, -0.05) is 158 Å². The predicted molar refractivity (Wildman–Crippen MR) is 328 cm³/mol. The SMILES string of the molecule is COc1ccc(N(C)c2ccc(-c3ccc(N(c4ccccc4)c4ccc5ccccc5c4)cc3)cc2)cc1.Cc1cccc(N(C)c2ccc(-c3ccc(N(c4ccccc4)c4ccc5ccccc5c4)cc3)cc2)c1. The second-order valence-corrected chi connectivity index (χ2v) is 19.2. The molecule has 0 unspecified atom stereocenters. The Bertz CT molecular complexity index is 3860. The Hall–Kier alpha value is -9.84. The van der Waals surface area contributed by atoms with Gasteiger partial charge in [-0.3, -0.25) is 0 Å². The third kappa shape index (κ3) is 11.2. The number of aryl methyl sites for hydroxylation is 1. The van der Waals surface area contributed by atoms with Gasteiger partial charge in [-0.05, 0) is 190 Å². The van der Waals surface area contributed by atoms with Gasteiger partial charge in [0.2, 0.25) is 0 Å². The molecule has 0 bridgehead atoms. The number of fused-ring (bicyclic) bond motifs is 2. The first-order chi connectivity index (χ1) is 37.8. The zero-order valence-electron chi connectivity index (χ0n) is 43.9. The second-order valence-electron chi connectivity index (χ2n) is 19.2. The van der Waals surface area contributed by atoms with E-state index in [2.05, 4.69) is 320 Å². The van der Waals surface area contributed by atoms with E-state index >= 15 is 0 Å². The van der Waals surface area contributed by atoms with E-state index < -0.39 is 0 Å². The highest BCUT2D eigenvalue weighted by Gasteiger charge is 2.16. The van der Waals surface area contributed by atoms with Crippen molar-refractivity contribution in [3.05, 3.63) is 297 Å². The summed E-state index contributed by atoms with van der Waals surface area (Å²) in [6, 6.07) is 103. The van der Waals surface area contributed by atoms with Gasteiger partial charge in [-0.25, -0.2) is 0 Å². The first kappa shape index (κ1) is 49.4. The Labute approximate surface area is 453 Å². The predicted octanol–water partition coefficient (Wildman–Crippen LogP) is 19.8. The number of methoxy groups -OCH3 is 1. The van der Waals surface area contributed by atoms with Crippen molar-refractivity contribution in [1.82, 2.24) is 0 Å². The molecule has 0 aromatic heterocycles. The number of anilines is 10. The maximum absolute atomic E-state index is 5.29. The highest BCUT2D eigenvalue weighted by Crippen LogP contribution is 2.40. The van der Waals surface area contributed by atoms with Crippen molar-refractivity contribution < 1.29 is 4.74 Å². The zero-order chi connectivity index (χ0) is 52.5. The zero-order valence-corrected chi connectivity index (χ0v) is 43.9. The molecule has 0 N–H and O–H groups in total. The summed E-state index contributed by atoms with van der Waals surface area (Å²) < 4.78 is 5.29. The lowest BCUT2D eigenvalue weighted by molar-refractivity contribution is 0.415. The monoisotopic (exact) mass is 996 g/mol. The minimum absolute atomic E-state index is 0.859. The van der Waals surface area contributed by atoms with Crippen LogP contribution in [0.3, 0.4) is 0 Å². The molecule has 0 fully saturated rings. The fourth-order valence-corrected chi connectivity index (χ4v) is 9.98. The normalized spacial score (nSPS) is 10.9. The van der Waals surface area contributed by atoms with Gasteiger partial charge in [0.25, 0.3) is 0 Å². The molecule has 12 aromatic carbocycles. The molecule has 12 aromatic rings. The van der Waals surface area contributed by atoms with Gasteiger partial charge in [0.1, 0.15) is 5.75 Å². The van der Waals surface area contributed by atoms with E-state index in [1.165, 1.54) is 60.7 Å². The molecular formula is C72H60N4O. The van der Waals surface area contributed by atoms with Crippen LogP contribution in [0, 0.1) is 6.92 Å². The van der Waals surface area contributed by atoms with Crippen molar-refractivity contribution in [3.63, 3.8) is 0 Å². The minimum atomic E-state index is 0.859. The van der Waals surface area contributed by atoms with Crippen LogP contribution in [0.2, 0.25) is 0 Å². The molecular weight excluding hydrogens is 937 g/mol. The Morgan fingerprint density at radius 2 is 0.558 bits per heavy atom. The average molecular weight is 997 g/mol. The summed E-state index contributed by atoms with van der Waals surface area (Å²) in [5.41, 5.74) is 17.4. The Morgan fingerprint density at radius 1 is 0.247 bits per heavy atom. The van der Waals surface area contributed by atoms with Gasteiger partial charge >= 0.3 is 0 Å². The number of nitrogens with zero attached hydrogens (tertiary/aromatic N) is 4. The number of hydrogen-bond acceptors (Lipinski definition) is 5. The molecule has 5 nitrogen and oxygen atoms in total. The first-order valence-electron chi connectivity index (χ1n) is 26.1. The smallest absolute Gasteiger partial charge is 0.119 e. The van der Waals surface area contributed by atoms with Gasteiger partial charge in [0.15, 0.2) is 0 Å². The Kier molecular flexibility index (Phi) is 14.6. The molecule has 374 valence electrons. The van der Waals surface area contributed by atoms with E-state index in [-0.39, 0.29) is 0 Å². The van der Waals surface area contributed by atoms with Crippen LogP contribution in [-0.4, -0.2) is 21.2 Å². The van der Waals surface area contributed by atoms with Gasteiger partial charge in [0.05, 0.1) is 7.11 Å². The number of hydrogen-bond donors (Lipinski definition) is 0. The van der Waals surface area contributed by atoms with Crippen LogP contribution >= 0.6 is 0 Å². The topological polar surface area (TPSA) is 22.2 Å². The molecule has 0 saturated carbocycles. The Balaban J connectivity index is 0.000000164. The lowest BCUT2D eigenvalue weighted by Gasteiger charge is -2.26. The molecule has 0 aliphatic rings. The van der Waals surface area contributed by atoms with E-state index in [0.717, 1.165) is 51.2 Å². The maximum Gasteiger partial charge on any atom is 0.119 e. The third-order valence-corrected chi connectivity index (χ3v) is 14.3. The van der Waals surface area contributed by atoms with E-state index in [0.29, 0.717) is 0 Å². The minimum Gasteiger partial charge on any atom is -0.497 e. The highest BCUT2D eigenvalue weighted by atomic mass is 16.5. The molecule has 0 amide bonds. The molecule has 0 aliphatic heterocycles. The third-order valence-electron chi connectivity index (χ3n) is 14.3. The van der Waals surface area contributed by atoms with Crippen LogP contribution in [0.25, 0.3) is 43.8 Å². The fraction of sp³-hybridized carbons (Fsp3) is 0.0556. The summed E-state index contributed by atoms with van der Waals surface area (Å²) in [6.45, 7) is 2.13. The van der Waals surface area contributed by atoms with Crippen molar-refractivity contribution in [1.29, 1.82) is 0 Å². The van der Waals surface area contributed by atoms with E-state index in [1.807, 2.05) is 12.1 Å². The lowest BCUT2D eigenvalue weighted by atomic mass is 10.0. The molecule has 12 rings (SSSR count). The molecule has 5 heteroatoms. The summed E-state index contributed by atoms with van der Waals surface area (Å²) in [5, 5.41) is 4.95. The van der Waals surface area contributed by atoms with Crippen molar-refractivity contribution in [2.45, 2.75) is 6.92 Å². The van der Waals surface area contributed by atoms with Crippen molar-refractivity contribution >= 4 is 78.4 Å². The highest BCUT2D eigenvalue weighted by molar-refractivity contribution is 5.91. The van der Waals surface area contributed by atoms with Crippen LogP contribution in [0.15, 0.2) is 291 Å². The summed E-state index contributed by atoms with van der Waals surface area (Å²) >= 11 is 0. The van der Waals surface area contributed by atoms with Crippen molar-refractivity contribution in [2.24, 2.45) is 0 Å². The maximum atomic E-state index is 5.29. The molecule has 0 aliphatic carbocycles. The lowest BCUT2D eigenvalue weighted by Crippen LogP contribution is -2.09. The molecule has 0 saturated heterocycles. The molecule has 77 heavy (non-hydrogen) atoms. The second kappa shape index (κ2) is 22.7. The number of ether oxygens (including phenoxy) is 1. The summed E-state index contributed by atoms with van der Waals surface area (Å²) in [6.07, 6.45) is 0. The summed E-state index contributed by atoms with van der Waals surface area (Å²) in [7, 11) is 5.88. The molecule has 0 spiro atoms. The van der Waals surface area contributed by atoms with Gasteiger partial charge in [-0.15, -0.1) is 0 Å². The van der Waals surface area contributed by atoms with Crippen LogP contribution in [0.1, 0.15) is 5.56 Å². The standard InChI is InChI=1S/C36H30N2O.C36H30N2/c1-37(32-22-24-36(39-2)25-23-32)31-17-12-28(13-18-31)29-14-19-34(20-15-29)38(33-10-4-3-5-11-33)35-21-16-27-8-6-7-9-30(27)26-35;1-27-9-8-14-35(25-27)37(2)32-20-15-29(16-21-32)30-17-22-34(23-18-30)38(33-12-4-3-5-13-33)36-24-19-28-10-6-7-11-31(28)26-36/h3-26H,1-2H3;3-26H,1-2H3. The van der Waals surface area contributed by atoms with E-state index in [4.69, 9.17) is 4.74 Å². The van der Waals surface area contributed by atoms with Crippen LogP contribution < -0.4 is 24.3 Å². The van der Waals surface area contributed by atoms with Gasteiger partial charge < -0.3 is 24.3 Å². The van der Waals surface area contributed by atoms with Gasteiger partial charge in [-0.2, -0.15) is 0 Å². The Morgan fingerprint density at radius 3 is 0.948 bits per heavy atom. The largest absolute Gasteiger partial charge is 0.497 e. The van der Waals surface area contributed by atoms with E-state index in [1.54, 1.807) is 7.11 Å². The molecule has 0 atom stereocenters. The molecule has 0 radical (unpaired) electrons. The van der Waals surface area contributed by atoms with Crippen LogP contribution in [0.5, 0.6) is 5.75 Å². The van der Waals surface area contributed by atoms with Crippen LogP contribution in [-0.2, 0) is 0 Å². The van der Waals surface area contributed by atoms with E-state index in [9.17, 15) is 0 Å². The first-order valence-corrected chi connectivity index (χ1v) is 26.1. The molecule has 0 heterocycles. The van der Waals surface area contributed by atoms with Crippen molar-refractivity contribution in [2.75, 3.05) is 40.8 Å². The fourth-order valence-electron chi connectivity index (χ4n) is 9.98. The summed E-state index contributed by atoms with van der Waals surface area (Å²) in [4.78, 5) is 9.02. The number of para-hydroxylation sites is 2. The van der Waals surface area contributed by atoms with Crippen molar-refractivity contribution in [3.8, 4) is 28.0 Å². The number of rotatable bonds is 13.